The minimum absolute atomic E-state index is 0.173. The van der Waals surface area contributed by atoms with E-state index in [2.05, 4.69) is 24.0 Å². The number of alkyl halides is 3. The summed E-state index contributed by atoms with van der Waals surface area (Å²) in [5, 5.41) is 0. The molecule has 1 aliphatic carbocycles. The Labute approximate surface area is 330 Å². The molecule has 0 radical (unpaired) electrons. The molecule has 0 fully saturated rings. The summed E-state index contributed by atoms with van der Waals surface area (Å²) >= 11 is 0. The zero-order chi connectivity index (χ0) is 39.8. The van der Waals surface area contributed by atoms with E-state index in [9.17, 15) is 18.0 Å². The van der Waals surface area contributed by atoms with Crippen molar-refractivity contribution in [1.29, 1.82) is 0 Å². The Morgan fingerprint density at radius 1 is 0.839 bits per heavy atom. The minimum atomic E-state index is -4.36. The molecule has 1 aromatic heterocycles. The molecule has 0 aliphatic heterocycles. The van der Waals surface area contributed by atoms with Gasteiger partial charge in [-0.1, -0.05) is 80.4 Å². The number of fused-ring (bicyclic) bond motifs is 1. The fourth-order valence-electron chi connectivity index (χ4n) is 7.27. The standard InChI is InChI=1S/C46H57F3N2O5/c1-4-7-12-32-55-44(53-5-2)18-10-11-30-51(42-16-13-15-40-39(42)27-28-41(50-40)45(52)54-6-3)31-29-37-14-8-9-17-43(37)56-33-34-19-21-35(22-20-34)36-23-25-38(26-24-36)46(47,48)49/h8-9,14,17,19-28,42,44H,4-7,10-13,15-16,18,29-33H2,1-3H3. The molecule has 56 heavy (non-hydrogen) atoms. The second kappa shape index (κ2) is 21.9. The van der Waals surface area contributed by atoms with Gasteiger partial charge in [0.25, 0.3) is 0 Å². The number of carbonyl (C=O) groups excluding carboxylic acids is 1. The molecule has 3 aromatic carbocycles. The first-order chi connectivity index (χ1) is 27.2. The number of aromatic nitrogens is 1. The number of para-hydroxylation sites is 1. The molecule has 7 nitrogen and oxygen atoms in total. The second-order valence-electron chi connectivity index (χ2n) is 14.3. The topological polar surface area (TPSA) is 70.1 Å². The molecule has 302 valence electrons. The summed E-state index contributed by atoms with van der Waals surface area (Å²) in [6.07, 6.45) is 5.24. The van der Waals surface area contributed by atoms with Gasteiger partial charge in [-0.2, -0.15) is 13.2 Å². The van der Waals surface area contributed by atoms with Crippen molar-refractivity contribution in [2.45, 2.75) is 110 Å². The number of benzene rings is 3. The van der Waals surface area contributed by atoms with Crippen molar-refractivity contribution in [3.05, 3.63) is 119 Å². The van der Waals surface area contributed by atoms with Crippen molar-refractivity contribution in [2.75, 3.05) is 32.9 Å². The average molecular weight is 775 g/mol. The summed E-state index contributed by atoms with van der Waals surface area (Å²) in [5.74, 6) is 0.436. The number of pyridine rings is 1. The predicted octanol–water partition coefficient (Wildman–Crippen LogP) is 11.2. The van der Waals surface area contributed by atoms with Gasteiger partial charge in [-0.15, -0.1) is 0 Å². The van der Waals surface area contributed by atoms with Crippen molar-refractivity contribution in [2.24, 2.45) is 0 Å². The van der Waals surface area contributed by atoms with Crippen LogP contribution in [0.25, 0.3) is 11.1 Å². The van der Waals surface area contributed by atoms with Crippen molar-refractivity contribution >= 4 is 5.97 Å². The van der Waals surface area contributed by atoms with E-state index in [1.807, 2.05) is 49.4 Å². The van der Waals surface area contributed by atoms with Gasteiger partial charge in [-0.25, -0.2) is 9.78 Å². The summed E-state index contributed by atoms with van der Waals surface area (Å²) in [6.45, 7) is 9.73. The molecule has 1 aliphatic rings. The Morgan fingerprint density at radius 2 is 1.59 bits per heavy atom. The number of hydrogen-bond acceptors (Lipinski definition) is 7. The van der Waals surface area contributed by atoms with Crippen LogP contribution in [0.15, 0.2) is 84.9 Å². The first kappa shape index (κ1) is 42.9. The maximum absolute atomic E-state index is 13.0. The lowest BCUT2D eigenvalue weighted by Gasteiger charge is -2.36. The zero-order valence-corrected chi connectivity index (χ0v) is 33.1. The normalized spacial score (nSPS) is 14.7. The van der Waals surface area contributed by atoms with Gasteiger partial charge in [0.15, 0.2) is 6.29 Å². The van der Waals surface area contributed by atoms with Crippen LogP contribution < -0.4 is 4.74 Å². The number of ether oxygens (including phenoxy) is 4. The van der Waals surface area contributed by atoms with Gasteiger partial charge in [0.05, 0.1) is 12.2 Å². The molecule has 0 saturated heterocycles. The molecule has 10 heteroatoms. The lowest BCUT2D eigenvalue weighted by molar-refractivity contribution is -0.144. The van der Waals surface area contributed by atoms with Crippen molar-refractivity contribution < 1.29 is 36.9 Å². The molecule has 1 heterocycles. The summed E-state index contributed by atoms with van der Waals surface area (Å²) < 4.78 is 62.7. The maximum atomic E-state index is 13.0. The Balaban J connectivity index is 1.25. The van der Waals surface area contributed by atoms with Crippen LogP contribution in [-0.4, -0.2) is 55.1 Å². The molecule has 0 spiro atoms. The van der Waals surface area contributed by atoms with Gasteiger partial charge in [-0.3, -0.25) is 4.90 Å². The lowest BCUT2D eigenvalue weighted by Crippen LogP contribution is -2.34. The first-order valence-electron chi connectivity index (χ1n) is 20.3. The minimum Gasteiger partial charge on any atom is -0.489 e. The van der Waals surface area contributed by atoms with E-state index < -0.39 is 11.7 Å². The van der Waals surface area contributed by atoms with E-state index in [1.165, 1.54) is 17.7 Å². The predicted molar refractivity (Wildman–Crippen MR) is 214 cm³/mol. The number of carbonyl (C=O) groups is 1. The third kappa shape index (κ3) is 12.6. The van der Waals surface area contributed by atoms with Crippen molar-refractivity contribution in [3.63, 3.8) is 0 Å². The Hall–Kier alpha value is -4.25. The summed E-state index contributed by atoms with van der Waals surface area (Å²) in [7, 11) is 0. The molecule has 2 atom stereocenters. The highest BCUT2D eigenvalue weighted by Crippen LogP contribution is 2.35. The quantitative estimate of drug-likeness (QED) is 0.0447. The molecule has 4 aromatic rings. The molecule has 0 N–H and O–H groups in total. The highest BCUT2D eigenvalue weighted by molar-refractivity contribution is 5.87. The fourth-order valence-corrected chi connectivity index (χ4v) is 7.27. The van der Waals surface area contributed by atoms with Crippen LogP contribution in [0.5, 0.6) is 5.75 Å². The number of aryl methyl sites for hydroxylation is 1. The monoisotopic (exact) mass is 774 g/mol. The van der Waals surface area contributed by atoms with Crippen LogP contribution in [0.4, 0.5) is 13.2 Å². The molecule has 0 amide bonds. The van der Waals surface area contributed by atoms with E-state index in [0.717, 1.165) is 130 Å². The molecule has 0 bridgehead atoms. The molecule has 5 rings (SSSR count). The molecular formula is C46H57F3N2O5. The largest absolute Gasteiger partial charge is 0.489 e. The Bertz CT molecular complexity index is 1780. The molecule has 2 unspecified atom stereocenters. The van der Waals surface area contributed by atoms with E-state index >= 15 is 0 Å². The van der Waals surface area contributed by atoms with E-state index in [0.29, 0.717) is 25.5 Å². The second-order valence-corrected chi connectivity index (χ2v) is 14.3. The first-order valence-corrected chi connectivity index (χ1v) is 20.3. The SMILES string of the molecule is CCCCCOC(CCCCN(CCc1ccccc1OCc1ccc(-c2ccc(C(F)(F)F)cc2)cc1)C1CCCc2nc(C(=O)OCC)ccc21)OCC. The number of halogens is 3. The van der Waals surface area contributed by atoms with Gasteiger partial charge in [0, 0.05) is 31.5 Å². The smallest absolute Gasteiger partial charge is 0.416 e. The summed E-state index contributed by atoms with van der Waals surface area (Å²) in [5.41, 5.74) is 5.50. The highest BCUT2D eigenvalue weighted by Gasteiger charge is 2.30. The summed E-state index contributed by atoms with van der Waals surface area (Å²) in [6, 6.07) is 25.1. The average Bonchev–Trinajstić information content (AvgIpc) is 3.21. The van der Waals surface area contributed by atoms with E-state index in [-0.39, 0.29) is 18.3 Å². The van der Waals surface area contributed by atoms with Crippen LogP contribution >= 0.6 is 0 Å². The lowest BCUT2D eigenvalue weighted by atomic mass is 9.89. The van der Waals surface area contributed by atoms with Crippen LogP contribution in [0, 0.1) is 0 Å². The van der Waals surface area contributed by atoms with Crippen LogP contribution in [-0.2, 0) is 39.8 Å². The van der Waals surface area contributed by atoms with Gasteiger partial charge in [0.2, 0.25) is 0 Å². The van der Waals surface area contributed by atoms with Crippen LogP contribution in [0.2, 0.25) is 0 Å². The van der Waals surface area contributed by atoms with Gasteiger partial charge in [0.1, 0.15) is 18.1 Å². The zero-order valence-electron chi connectivity index (χ0n) is 33.1. The van der Waals surface area contributed by atoms with Gasteiger partial charge >= 0.3 is 12.1 Å². The van der Waals surface area contributed by atoms with E-state index in [4.69, 9.17) is 23.9 Å². The number of hydrogen-bond donors (Lipinski definition) is 0. The van der Waals surface area contributed by atoms with Crippen LogP contribution in [0.1, 0.15) is 117 Å². The number of rotatable bonds is 22. The number of unbranched alkanes of at least 4 members (excludes halogenated alkanes) is 3. The van der Waals surface area contributed by atoms with Crippen molar-refractivity contribution in [3.8, 4) is 16.9 Å². The van der Waals surface area contributed by atoms with Gasteiger partial charge < -0.3 is 18.9 Å². The Kier molecular flexibility index (Phi) is 16.8. The highest BCUT2D eigenvalue weighted by atomic mass is 19.4. The Morgan fingerprint density at radius 3 is 2.30 bits per heavy atom. The molecular weight excluding hydrogens is 718 g/mol. The van der Waals surface area contributed by atoms with Crippen LogP contribution in [0.3, 0.4) is 0 Å². The van der Waals surface area contributed by atoms with E-state index in [1.54, 1.807) is 13.0 Å². The number of nitrogens with zero attached hydrogens (tertiary/aromatic N) is 2. The molecule has 0 saturated carbocycles. The number of esters is 1. The van der Waals surface area contributed by atoms with Crippen molar-refractivity contribution in [1.82, 2.24) is 9.88 Å². The van der Waals surface area contributed by atoms with Gasteiger partial charge in [-0.05, 0) is 124 Å². The third-order valence-electron chi connectivity index (χ3n) is 10.3. The summed E-state index contributed by atoms with van der Waals surface area (Å²) in [4.78, 5) is 19.8. The fraction of sp³-hybridized carbons (Fsp3) is 0.478. The third-order valence-corrected chi connectivity index (χ3v) is 10.3. The maximum Gasteiger partial charge on any atom is 0.416 e.